The molecule has 1 heterocycles. The van der Waals surface area contributed by atoms with Crippen molar-refractivity contribution in [2.45, 2.75) is 85.8 Å². The van der Waals surface area contributed by atoms with Crippen LogP contribution in [0.4, 0.5) is 0 Å². The third-order valence-corrected chi connectivity index (χ3v) is 9.16. The predicted molar refractivity (Wildman–Crippen MR) is 151 cm³/mol. The molecule has 2 unspecified atom stereocenters. The number of aliphatic hydroxyl groups is 1. The maximum Gasteiger partial charge on any atom is 0.245 e. The first kappa shape index (κ1) is 29.7. The van der Waals surface area contributed by atoms with E-state index < -0.39 is 17.1 Å². The van der Waals surface area contributed by atoms with Crippen LogP contribution in [-0.2, 0) is 15.2 Å². The van der Waals surface area contributed by atoms with Gasteiger partial charge in [0.05, 0.1) is 5.60 Å². The molecule has 0 radical (unpaired) electrons. The summed E-state index contributed by atoms with van der Waals surface area (Å²) in [5.74, 6) is 0.462. The number of amides is 2. The molecule has 206 valence electrons. The Kier molecular flexibility index (Phi) is 8.91. The van der Waals surface area contributed by atoms with Crippen molar-refractivity contribution in [3.05, 3.63) is 47.5 Å². The first-order valence-corrected chi connectivity index (χ1v) is 14.2. The minimum Gasteiger partial charge on any atom is -0.384 e. The second-order valence-electron chi connectivity index (χ2n) is 13.4. The van der Waals surface area contributed by atoms with Crippen molar-refractivity contribution in [2.24, 2.45) is 34.5 Å². The average molecular weight is 531 g/mol. The lowest BCUT2D eigenvalue weighted by atomic mass is 9.66. The molecule has 2 fully saturated rings. The van der Waals surface area contributed by atoms with Crippen LogP contribution in [0.25, 0.3) is 0 Å². The molecule has 1 aliphatic heterocycles. The smallest absolute Gasteiger partial charge is 0.245 e. The summed E-state index contributed by atoms with van der Waals surface area (Å²) in [6.07, 6.45) is 5.15. The van der Waals surface area contributed by atoms with Gasteiger partial charge in [0.25, 0.3) is 0 Å². The van der Waals surface area contributed by atoms with Gasteiger partial charge >= 0.3 is 0 Å². The molecule has 37 heavy (non-hydrogen) atoms. The lowest BCUT2D eigenvalue weighted by molar-refractivity contribution is -0.157. The van der Waals surface area contributed by atoms with Crippen molar-refractivity contribution < 1.29 is 14.7 Å². The number of allylic oxidation sites excluding steroid dienone is 1. The Morgan fingerprint density at radius 2 is 1.84 bits per heavy atom. The molecule has 1 aromatic rings. The van der Waals surface area contributed by atoms with Gasteiger partial charge in [-0.1, -0.05) is 78.3 Å². The van der Waals surface area contributed by atoms with E-state index >= 15 is 0 Å². The molecule has 0 aromatic heterocycles. The minimum atomic E-state index is -1.07. The van der Waals surface area contributed by atoms with Crippen LogP contribution in [0.15, 0.2) is 36.9 Å². The van der Waals surface area contributed by atoms with E-state index in [1.54, 1.807) is 12.1 Å². The second-order valence-corrected chi connectivity index (χ2v) is 13.8. The lowest BCUT2D eigenvalue weighted by Crippen LogP contribution is -2.61. The molecule has 0 bridgehead atoms. The number of benzene rings is 1. The highest BCUT2D eigenvalue weighted by Gasteiger charge is 2.51. The van der Waals surface area contributed by atoms with Gasteiger partial charge in [0.15, 0.2) is 0 Å². The topological polar surface area (TPSA) is 69.6 Å². The monoisotopic (exact) mass is 530 g/mol. The van der Waals surface area contributed by atoms with E-state index in [4.69, 9.17) is 11.6 Å². The van der Waals surface area contributed by atoms with Crippen LogP contribution >= 0.6 is 11.6 Å². The van der Waals surface area contributed by atoms with Crippen LogP contribution in [0.3, 0.4) is 0 Å². The molecule has 1 saturated heterocycles. The third-order valence-electron chi connectivity index (χ3n) is 8.91. The number of halogens is 1. The highest BCUT2D eigenvalue weighted by Crippen LogP contribution is 2.49. The number of nitrogens with zero attached hydrogens (tertiary/aromatic N) is 1. The van der Waals surface area contributed by atoms with Gasteiger partial charge in [0.2, 0.25) is 11.8 Å². The van der Waals surface area contributed by atoms with Crippen LogP contribution in [0.5, 0.6) is 0 Å². The molecule has 2 N–H and O–H groups in total. The molecule has 2 aliphatic rings. The molecule has 0 spiro atoms. The number of hydrogen-bond acceptors (Lipinski definition) is 3. The molecular formula is C31H47ClN2O3. The molecule has 1 saturated carbocycles. The fourth-order valence-electron chi connectivity index (χ4n) is 6.91. The Bertz CT molecular complexity index is 981. The SMILES string of the molecule is C=CCC1CC[C@@H](C(=O)N[C@@H](C(=O)N2CC[C@](O)(c3ccc(Cl)cc3)C(C)(C)C2)C(C)C)C1C(C)(C)C. The zero-order valence-electron chi connectivity index (χ0n) is 23.8. The standard InChI is InChI=1S/C31H47ClN2O3/c1-9-10-21-11-16-24(25(21)29(4,5)6)27(35)33-26(20(2)3)28(36)34-18-17-31(37,30(7,8)19-34)22-12-14-23(32)15-13-22/h9,12-15,20-21,24-26,37H,1,10-11,16-19H2,2-8H3,(H,33,35)/t21?,24-,25?,26-,31+/m1/s1. The summed E-state index contributed by atoms with van der Waals surface area (Å²) in [6.45, 7) is 19.3. The third kappa shape index (κ3) is 6.09. The summed E-state index contributed by atoms with van der Waals surface area (Å²) in [6, 6.07) is 6.72. The van der Waals surface area contributed by atoms with Crippen LogP contribution in [0.2, 0.25) is 5.02 Å². The molecular weight excluding hydrogens is 484 g/mol. The summed E-state index contributed by atoms with van der Waals surface area (Å²) < 4.78 is 0. The van der Waals surface area contributed by atoms with Crippen molar-refractivity contribution in [2.75, 3.05) is 13.1 Å². The number of carbonyl (C=O) groups excluding carboxylic acids is 2. The van der Waals surface area contributed by atoms with E-state index in [0.29, 0.717) is 30.5 Å². The molecule has 6 heteroatoms. The van der Waals surface area contributed by atoms with Gasteiger partial charge in [-0.3, -0.25) is 9.59 Å². The summed E-state index contributed by atoms with van der Waals surface area (Å²) in [5, 5.41) is 15.5. The normalized spacial score (nSPS) is 28.7. The molecule has 5 atom stereocenters. The highest BCUT2D eigenvalue weighted by atomic mass is 35.5. The molecule has 3 rings (SSSR count). The largest absolute Gasteiger partial charge is 0.384 e. The number of piperidine rings is 1. The van der Waals surface area contributed by atoms with Gasteiger partial charge in [-0.15, -0.1) is 6.58 Å². The van der Waals surface area contributed by atoms with Gasteiger partial charge in [0, 0.05) is 29.4 Å². The Hall–Kier alpha value is -1.85. The molecule has 1 aromatic carbocycles. The van der Waals surface area contributed by atoms with Gasteiger partial charge in [-0.05, 0) is 66.5 Å². The van der Waals surface area contributed by atoms with Crippen molar-refractivity contribution in [1.82, 2.24) is 10.2 Å². The number of nitrogens with one attached hydrogen (secondary N) is 1. The van der Waals surface area contributed by atoms with E-state index in [0.717, 1.165) is 24.8 Å². The first-order chi connectivity index (χ1) is 17.1. The number of carbonyl (C=O) groups is 2. The average Bonchev–Trinajstić information content (AvgIpc) is 3.23. The van der Waals surface area contributed by atoms with Gasteiger partial charge in [-0.25, -0.2) is 0 Å². The molecule has 2 amide bonds. The Morgan fingerprint density at radius 3 is 2.35 bits per heavy atom. The maximum absolute atomic E-state index is 13.8. The first-order valence-electron chi connectivity index (χ1n) is 13.8. The fraction of sp³-hybridized carbons (Fsp3) is 0.677. The molecule has 5 nitrogen and oxygen atoms in total. The summed E-state index contributed by atoms with van der Waals surface area (Å²) >= 11 is 6.07. The summed E-state index contributed by atoms with van der Waals surface area (Å²) in [7, 11) is 0. The molecule has 1 aliphatic carbocycles. The van der Waals surface area contributed by atoms with Crippen molar-refractivity contribution in [1.29, 1.82) is 0 Å². The van der Waals surface area contributed by atoms with Crippen LogP contribution in [0, 0.1) is 34.5 Å². The minimum absolute atomic E-state index is 0.00697. The van der Waals surface area contributed by atoms with Gasteiger partial charge in [-0.2, -0.15) is 0 Å². The van der Waals surface area contributed by atoms with Crippen molar-refractivity contribution in [3.8, 4) is 0 Å². The maximum atomic E-state index is 13.8. The van der Waals surface area contributed by atoms with E-state index in [1.165, 1.54) is 0 Å². The Labute approximate surface area is 229 Å². The zero-order valence-corrected chi connectivity index (χ0v) is 24.6. The Balaban J connectivity index is 1.76. The van der Waals surface area contributed by atoms with E-state index in [9.17, 15) is 14.7 Å². The highest BCUT2D eigenvalue weighted by molar-refractivity contribution is 6.30. The summed E-state index contributed by atoms with van der Waals surface area (Å²) in [4.78, 5) is 29.3. The Morgan fingerprint density at radius 1 is 1.22 bits per heavy atom. The van der Waals surface area contributed by atoms with E-state index in [-0.39, 0.29) is 35.0 Å². The summed E-state index contributed by atoms with van der Waals surface area (Å²) in [5.41, 5.74) is -0.853. The lowest BCUT2D eigenvalue weighted by Gasteiger charge is -2.51. The van der Waals surface area contributed by atoms with E-state index in [2.05, 4.69) is 32.7 Å². The van der Waals surface area contributed by atoms with Crippen LogP contribution in [-0.4, -0.2) is 41.0 Å². The van der Waals surface area contributed by atoms with Crippen LogP contribution in [0.1, 0.15) is 79.7 Å². The number of hydrogen-bond donors (Lipinski definition) is 2. The van der Waals surface area contributed by atoms with Crippen LogP contribution < -0.4 is 5.32 Å². The number of rotatable bonds is 7. The fourth-order valence-corrected chi connectivity index (χ4v) is 7.03. The van der Waals surface area contributed by atoms with Gasteiger partial charge < -0.3 is 15.3 Å². The predicted octanol–water partition coefficient (Wildman–Crippen LogP) is 6.19. The zero-order chi connectivity index (χ0) is 27.8. The quantitative estimate of drug-likeness (QED) is 0.413. The number of likely N-dealkylation sites (tertiary alicyclic amines) is 1. The van der Waals surface area contributed by atoms with E-state index in [1.807, 2.05) is 50.8 Å². The van der Waals surface area contributed by atoms with Crippen molar-refractivity contribution >= 4 is 23.4 Å². The second kappa shape index (κ2) is 11.1. The van der Waals surface area contributed by atoms with Crippen molar-refractivity contribution in [3.63, 3.8) is 0 Å². The van der Waals surface area contributed by atoms with Gasteiger partial charge in [0.1, 0.15) is 6.04 Å².